The molecule has 1 aromatic rings. The lowest BCUT2D eigenvalue weighted by Crippen LogP contribution is -2.07. The van der Waals surface area contributed by atoms with E-state index < -0.39 is 28.9 Å². The molecule has 82 valence electrons. The Morgan fingerprint density at radius 3 is 2.67 bits per heavy atom. The standard InChI is InChI=1S/C6H2BrF3N2O3/c7-2-1-11-5(15-6(9)10)4(3(2)8)12(13)14/h1,6H. The van der Waals surface area contributed by atoms with E-state index in [1.54, 1.807) is 0 Å². The van der Waals surface area contributed by atoms with Crippen molar-refractivity contribution >= 4 is 21.6 Å². The maximum Gasteiger partial charge on any atom is 0.388 e. The smallest absolute Gasteiger partial charge is 0.388 e. The van der Waals surface area contributed by atoms with Crippen LogP contribution in [0.1, 0.15) is 0 Å². The first-order valence-electron chi connectivity index (χ1n) is 3.36. The van der Waals surface area contributed by atoms with Gasteiger partial charge in [-0.1, -0.05) is 0 Å². The van der Waals surface area contributed by atoms with Crippen LogP contribution in [-0.2, 0) is 0 Å². The molecule has 0 spiro atoms. The Bertz CT molecular complexity index is 401. The van der Waals surface area contributed by atoms with Crippen LogP contribution in [0.5, 0.6) is 5.88 Å². The van der Waals surface area contributed by atoms with E-state index in [0.717, 1.165) is 6.20 Å². The Balaban J connectivity index is 3.27. The van der Waals surface area contributed by atoms with Gasteiger partial charge in [-0.25, -0.2) is 4.98 Å². The molecule has 0 aliphatic carbocycles. The second-order valence-electron chi connectivity index (χ2n) is 2.21. The largest absolute Gasteiger partial charge is 0.411 e. The van der Waals surface area contributed by atoms with Gasteiger partial charge >= 0.3 is 18.2 Å². The molecule has 0 fully saturated rings. The fraction of sp³-hybridized carbons (Fsp3) is 0.167. The molecule has 0 radical (unpaired) electrons. The summed E-state index contributed by atoms with van der Waals surface area (Å²) in [6.45, 7) is -3.31. The first kappa shape index (κ1) is 11.7. The Morgan fingerprint density at radius 1 is 1.60 bits per heavy atom. The summed E-state index contributed by atoms with van der Waals surface area (Å²) in [5.74, 6) is -2.37. The van der Waals surface area contributed by atoms with Crippen LogP contribution in [0.4, 0.5) is 18.9 Å². The summed E-state index contributed by atoms with van der Waals surface area (Å²) < 4.78 is 40.1. The quantitative estimate of drug-likeness (QED) is 0.632. The van der Waals surface area contributed by atoms with Crippen molar-refractivity contribution in [2.45, 2.75) is 6.61 Å². The number of hydrogen-bond donors (Lipinski definition) is 0. The third kappa shape index (κ3) is 2.55. The molecular weight excluding hydrogens is 285 g/mol. The highest BCUT2D eigenvalue weighted by Gasteiger charge is 2.27. The van der Waals surface area contributed by atoms with Gasteiger partial charge < -0.3 is 4.74 Å². The van der Waals surface area contributed by atoms with Crippen LogP contribution in [0.15, 0.2) is 10.7 Å². The molecule has 0 unspecified atom stereocenters. The summed E-state index contributed by atoms with van der Waals surface area (Å²) in [6.07, 6.45) is 0.792. The van der Waals surface area contributed by atoms with Gasteiger partial charge in [0.05, 0.1) is 9.40 Å². The van der Waals surface area contributed by atoms with E-state index in [0.29, 0.717) is 0 Å². The molecule has 0 aromatic carbocycles. The first-order chi connectivity index (χ1) is 6.93. The Morgan fingerprint density at radius 2 is 2.20 bits per heavy atom. The van der Waals surface area contributed by atoms with Gasteiger partial charge in [0, 0.05) is 6.20 Å². The number of pyridine rings is 1. The second kappa shape index (κ2) is 4.43. The van der Waals surface area contributed by atoms with Crippen LogP contribution in [0.3, 0.4) is 0 Å². The van der Waals surface area contributed by atoms with Gasteiger partial charge in [0.2, 0.25) is 5.82 Å². The van der Waals surface area contributed by atoms with Gasteiger partial charge in [0.15, 0.2) is 0 Å². The van der Waals surface area contributed by atoms with E-state index >= 15 is 0 Å². The monoisotopic (exact) mass is 286 g/mol. The van der Waals surface area contributed by atoms with Gasteiger partial charge in [-0.15, -0.1) is 0 Å². The molecular formula is C6H2BrF3N2O3. The molecule has 0 amide bonds. The van der Waals surface area contributed by atoms with Crippen LogP contribution in [0.2, 0.25) is 0 Å². The van der Waals surface area contributed by atoms with E-state index in [9.17, 15) is 23.3 Å². The van der Waals surface area contributed by atoms with Crippen molar-refractivity contribution < 1.29 is 22.8 Å². The van der Waals surface area contributed by atoms with Crippen LogP contribution in [0, 0.1) is 15.9 Å². The zero-order valence-corrected chi connectivity index (χ0v) is 8.37. The van der Waals surface area contributed by atoms with Crippen LogP contribution in [-0.4, -0.2) is 16.5 Å². The Hall–Kier alpha value is -1.38. The van der Waals surface area contributed by atoms with Gasteiger partial charge in [0.1, 0.15) is 0 Å². The Labute approximate surface area is 89.1 Å². The summed E-state index contributed by atoms with van der Waals surface area (Å²) in [4.78, 5) is 12.3. The minimum Gasteiger partial charge on any atom is -0.411 e. The van der Waals surface area contributed by atoms with E-state index in [2.05, 4.69) is 25.7 Å². The SMILES string of the molecule is O=[N+]([O-])c1c(OC(F)F)ncc(Br)c1F. The molecule has 0 atom stereocenters. The highest BCUT2D eigenvalue weighted by molar-refractivity contribution is 9.10. The highest BCUT2D eigenvalue weighted by Crippen LogP contribution is 2.32. The molecule has 1 heterocycles. The average molecular weight is 287 g/mol. The number of halogens is 4. The van der Waals surface area contributed by atoms with Crippen LogP contribution < -0.4 is 4.74 Å². The highest BCUT2D eigenvalue weighted by atomic mass is 79.9. The lowest BCUT2D eigenvalue weighted by atomic mass is 10.4. The topological polar surface area (TPSA) is 65.3 Å². The minimum atomic E-state index is -3.31. The number of nitro groups is 1. The lowest BCUT2D eigenvalue weighted by Gasteiger charge is -2.04. The van der Waals surface area contributed by atoms with Crippen molar-refractivity contribution in [3.63, 3.8) is 0 Å². The first-order valence-corrected chi connectivity index (χ1v) is 4.16. The molecule has 1 aromatic heterocycles. The van der Waals surface area contributed by atoms with E-state index in [4.69, 9.17) is 0 Å². The van der Waals surface area contributed by atoms with Crippen molar-refractivity contribution in [1.82, 2.24) is 4.98 Å². The van der Waals surface area contributed by atoms with Gasteiger partial charge in [-0.3, -0.25) is 10.1 Å². The van der Waals surface area contributed by atoms with Crippen LogP contribution in [0.25, 0.3) is 0 Å². The minimum absolute atomic E-state index is 0.309. The van der Waals surface area contributed by atoms with Gasteiger partial charge in [-0.05, 0) is 15.9 Å². The van der Waals surface area contributed by atoms with Crippen LogP contribution >= 0.6 is 15.9 Å². The number of rotatable bonds is 3. The van der Waals surface area contributed by atoms with E-state index in [1.165, 1.54) is 0 Å². The second-order valence-corrected chi connectivity index (χ2v) is 3.06. The molecule has 0 bridgehead atoms. The molecule has 5 nitrogen and oxygen atoms in total. The predicted molar refractivity (Wildman–Crippen MR) is 45.2 cm³/mol. The van der Waals surface area contributed by atoms with Crippen molar-refractivity contribution in [3.05, 3.63) is 26.6 Å². The van der Waals surface area contributed by atoms with E-state index in [-0.39, 0.29) is 4.47 Å². The zero-order valence-electron chi connectivity index (χ0n) is 6.79. The molecule has 0 N–H and O–H groups in total. The number of alkyl halides is 2. The molecule has 9 heteroatoms. The molecule has 1 rings (SSSR count). The third-order valence-corrected chi connectivity index (χ3v) is 1.85. The third-order valence-electron chi connectivity index (χ3n) is 1.30. The Kier molecular flexibility index (Phi) is 3.45. The van der Waals surface area contributed by atoms with Crippen molar-refractivity contribution in [2.75, 3.05) is 0 Å². The normalized spacial score (nSPS) is 10.5. The summed E-state index contributed by atoms with van der Waals surface area (Å²) in [7, 11) is 0. The number of ether oxygens (including phenoxy) is 1. The lowest BCUT2D eigenvalue weighted by molar-refractivity contribution is -0.389. The fourth-order valence-electron chi connectivity index (χ4n) is 0.769. The van der Waals surface area contributed by atoms with Crippen molar-refractivity contribution in [1.29, 1.82) is 0 Å². The van der Waals surface area contributed by atoms with E-state index in [1.807, 2.05) is 0 Å². The van der Waals surface area contributed by atoms with Gasteiger partial charge in [-0.2, -0.15) is 13.2 Å². The predicted octanol–water partition coefficient (Wildman–Crippen LogP) is 2.49. The molecule has 0 aliphatic heterocycles. The summed E-state index contributed by atoms with van der Waals surface area (Å²) in [5, 5.41) is 10.4. The number of aromatic nitrogens is 1. The van der Waals surface area contributed by atoms with Gasteiger partial charge in [0.25, 0.3) is 0 Å². The number of nitrogens with zero attached hydrogens (tertiary/aromatic N) is 2. The molecule has 0 aliphatic rings. The number of hydrogen-bond acceptors (Lipinski definition) is 4. The molecule has 0 saturated carbocycles. The summed E-state index contributed by atoms with van der Waals surface area (Å²) >= 11 is 2.63. The average Bonchev–Trinajstić information content (AvgIpc) is 2.10. The maximum absolute atomic E-state index is 13.1. The van der Waals surface area contributed by atoms with Crippen molar-refractivity contribution in [3.8, 4) is 5.88 Å². The van der Waals surface area contributed by atoms with Crippen molar-refractivity contribution in [2.24, 2.45) is 0 Å². The zero-order chi connectivity index (χ0) is 11.6. The summed E-state index contributed by atoms with van der Waals surface area (Å²) in [5.41, 5.74) is -1.23. The fourth-order valence-corrected chi connectivity index (χ4v) is 1.06. The molecule has 15 heavy (non-hydrogen) atoms. The molecule has 0 saturated heterocycles. The summed E-state index contributed by atoms with van der Waals surface area (Å²) in [6, 6.07) is 0. The maximum atomic E-state index is 13.1.